The summed E-state index contributed by atoms with van der Waals surface area (Å²) in [4.78, 5) is 0. The van der Waals surface area contributed by atoms with Crippen molar-refractivity contribution in [1.82, 2.24) is 0 Å². The van der Waals surface area contributed by atoms with Crippen LogP contribution in [0.5, 0.6) is 0 Å². The van der Waals surface area contributed by atoms with E-state index in [2.05, 4.69) is 0 Å². The molecular weight excluding hydrogens is 222 g/mol. The van der Waals surface area contributed by atoms with Gasteiger partial charge in [0.05, 0.1) is 11.4 Å². The molecule has 1 saturated heterocycles. The van der Waals surface area contributed by atoms with Crippen LogP contribution in [0.25, 0.3) is 0 Å². The van der Waals surface area contributed by atoms with Crippen molar-refractivity contribution in [2.24, 2.45) is 0 Å². The van der Waals surface area contributed by atoms with Gasteiger partial charge in [-0.05, 0) is 38.3 Å². The molecule has 3 nitrogen and oxygen atoms in total. The van der Waals surface area contributed by atoms with Gasteiger partial charge in [0.2, 0.25) is 10.0 Å². The number of nitrogens with zero attached hydrogens (tertiary/aromatic N) is 1. The molecule has 1 aliphatic heterocycles. The molecule has 0 unspecified atom stereocenters. The monoisotopic (exact) mass is 239 g/mol. The summed E-state index contributed by atoms with van der Waals surface area (Å²) >= 11 is 0. The van der Waals surface area contributed by atoms with Crippen molar-refractivity contribution in [2.45, 2.75) is 26.7 Å². The largest absolute Gasteiger partial charge is 0.270 e. The molecule has 0 radical (unpaired) electrons. The van der Waals surface area contributed by atoms with Gasteiger partial charge in [-0.15, -0.1) is 0 Å². The van der Waals surface area contributed by atoms with Crippen LogP contribution in [0.3, 0.4) is 0 Å². The second kappa shape index (κ2) is 4.09. The zero-order valence-electron chi connectivity index (χ0n) is 9.73. The Morgan fingerprint density at radius 3 is 2.56 bits per heavy atom. The molecule has 16 heavy (non-hydrogen) atoms. The van der Waals surface area contributed by atoms with E-state index in [1.54, 1.807) is 4.31 Å². The molecule has 0 aliphatic carbocycles. The average Bonchev–Trinajstić information content (AvgIpc) is 2.19. The first-order chi connectivity index (χ1) is 7.50. The maximum absolute atomic E-state index is 11.9. The van der Waals surface area contributed by atoms with E-state index < -0.39 is 10.0 Å². The maximum Gasteiger partial charge on any atom is 0.235 e. The Hall–Kier alpha value is -1.03. The fraction of sp³-hybridized carbons (Fsp3) is 0.500. The van der Waals surface area contributed by atoms with Crippen LogP contribution in [0.1, 0.15) is 24.0 Å². The fourth-order valence-corrected chi connectivity index (χ4v) is 3.85. The maximum atomic E-state index is 11.9. The number of rotatable bonds is 1. The normalized spacial score (nSPS) is 19.8. The first-order valence-electron chi connectivity index (χ1n) is 5.58. The minimum atomic E-state index is -3.08. The van der Waals surface area contributed by atoms with Crippen molar-refractivity contribution in [3.8, 4) is 0 Å². The van der Waals surface area contributed by atoms with E-state index in [0.717, 1.165) is 29.7 Å². The predicted octanol–water partition coefficient (Wildman–Crippen LogP) is 2.23. The molecule has 1 aromatic rings. The van der Waals surface area contributed by atoms with Crippen LogP contribution in [0.15, 0.2) is 18.2 Å². The zero-order valence-corrected chi connectivity index (χ0v) is 10.5. The zero-order chi connectivity index (χ0) is 11.8. The molecular formula is C12H17NO2S. The van der Waals surface area contributed by atoms with E-state index in [1.807, 2.05) is 32.0 Å². The molecule has 1 heterocycles. The number of hydrogen-bond acceptors (Lipinski definition) is 2. The molecule has 0 spiro atoms. The van der Waals surface area contributed by atoms with Crippen LogP contribution in [0.4, 0.5) is 5.69 Å². The molecule has 0 amide bonds. The van der Waals surface area contributed by atoms with Gasteiger partial charge in [-0.3, -0.25) is 4.31 Å². The molecule has 1 fully saturated rings. The Kier molecular flexibility index (Phi) is 2.93. The minimum Gasteiger partial charge on any atom is -0.270 e. The molecule has 4 heteroatoms. The smallest absolute Gasteiger partial charge is 0.235 e. The van der Waals surface area contributed by atoms with Gasteiger partial charge < -0.3 is 0 Å². The summed E-state index contributed by atoms with van der Waals surface area (Å²) in [5.41, 5.74) is 3.03. The average molecular weight is 239 g/mol. The third kappa shape index (κ3) is 2.07. The number of benzene rings is 1. The lowest BCUT2D eigenvalue weighted by Crippen LogP contribution is -2.38. The van der Waals surface area contributed by atoms with E-state index in [1.165, 1.54) is 0 Å². The number of hydrogen-bond donors (Lipinski definition) is 0. The first kappa shape index (κ1) is 11.5. The molecule has 88 valence electrons. The van der Waals surface area contributed by atoms with E-state index >= 15 is 0 Å². The summed E-state index contributed by atoms with van der Waals surface area (Å²) in [7, 11) is -3.08. The van der Waals surface area contributed by atoms with Gasteiger partial charge in [-0.25, -0.2) is 8.42 Å². The quantitative estimate of drug-likeness (QED) is 0.753. The van der Waals surface area contributed by atoms with Crippen LogP contribution >= 0.6 is 0 Å². The Balaban J connectivity index is 2.43. The summed E-state index contributed by atoms with van der Waals surface area (Å²) < 4.78 is 25.5. The van der Waals surface area contributed by atoms with Crippen molar-refractivity contribution < 1.29 is 8.42 Å². The summed E-state index contributed by atoms with van der Waals surface area (Å²) in [6.07, 6.45) is 1.73. The molecule has 0 aromatic heterocycles. The van der Waals surface area contributed by atoms with Crippen molar-refractivity contribution in [2.75, 3.05) is 16.6 Å². The SMILES string of the molecule is Cc1ccc(N2CCCCS2(=O)=O)c(C)c1. The molecule has 2 rings (SSSR count). The molecule has 0 saturated carbocycles. The highest BCUT2D eigenvalue weighted by Crippen LogP contribution is 2.27. The second-order valence-corrected chi connectivity index (χ2v) is 6.40. The van der Waals surface area contributed by atoms with E-state index in [0.29, 0.717) is 6.54 Å². The van der Waals surface area contributed by atoms with E-state index in [9.17, 15) is 8.42 Å². The third-order valence-electron chi connectivity index (χ3n) is 2.97. The van der Waals surface area contributed by atoms with Gasteiger partial charge in [0.15, 0.2) is 0 Å². The van der Waals surface area contributed by atoms with Crippen LogP contribution in [-0.4, -0.2) is 20.7 Å². The molecule has 0 N–H and O–H groups in total. The van der Waals surface area contributed by atoms with E-state index in [4.69, 9.17) is 0 Å². The highest BCUT2D eigenvalue weighted by atomic mass is 32.2. The van der Waals surface area contributed by atoms with Crippen LogP contribution in [0.2, 0.25) is 0 Å². The summed E-state index contributed by atoms with van der Waals surface area (Å²) in [6, 6.07) is 5.90. The van der Waals surface area contributed by atoms with Gasteiger partial charge in [0, 0.05) is 6.54 Å². The molecule has 1 aliphatic rings. The lowest BCUT2D eigenvalue weighted by Gasteiger charge is -2.29. The first-order valence-corrected chi connectivity index (χ1v) is 7.19. The van der Waals surface area contributed by atoms with Gasteiger partial charge in [-0.2, -0.15) is 0 Å². The van der Waals surface area contributed by atoms with Crippen LogP contribution in [-0.2, 0) is 10.0 Å². The van der Waals surface area contributed by atoms with Crippen molar-refractivity contribution in [3.05, 3.63) is 29.3 Å². The number of aryl methyl sites for hydroxylation is 2. The predicted molar refractivity (Wildman–Crippen MR) is 66.3 cm³/mol. The topological polar surface area (TPSA) is 37.4 Å². The van der Waals surface area contributed by atoms with Gasteiger partial charge >= 0.3 is 0 Å². The van der Waals surface area contributed by atoms with Crippen molar-refractivity contribution in [3.63, 3.8) is 0 Å². The third-order valence-corrected chi connectivity index (χ3v) is 4.83. The Morgan fingerprint density at radius 1 is 1.19 bits per heavy atom. The molecule has 0 atom stereocenters. The summed E-state index contributed by atoms with van der Waals surface area (Å²) in [6.45, 7) is 4.60. The lowest BCUT2D eigenvalue weighted by atomic mass is 10.1. The van der Waals surface area contributed by atoms with Crippen LogP contribution < -0.4 is 4.31 Å². The summed E-state index contributed by atoms with van der Waals surface area (Å²) in [5, 5.41) is 0. The summed E-state index contributed by atoms with van der Waals surface area (Å²) in [5.74, 6) is 0.278. The lowest BCUT2D eigenvalue weighted by molar-refractivity contribution is 0.574. The standard InChI is InChI=1S/C12H17NO2S/c1-10-5-6-12(11(2)9-10)13-7-3-4-8-16(13,14)15/h5-6,9H,3-4,7-8H2,1-2H3. The van der Waals surface area contributed by atoms with Crippen molar-refractivity contribution in [1.29, 1.82) is 0 Å². The second-order valence-electron chi connectivity index (χ2n) is 4.39. The molecule has 1 aromatic carbocycles. The van der Waals surface area contributed by atoms with Crippen LogP contribution in [0, 0.1) is 13.8 Å². The number of sulfonamides is 1. The fourth-order valence-electron chi connectivity index (χ4n) is 2.14. The molecule has 0 bridgehead atoms. The van der Waals surface area contributed by atoms with E-state index in [-0.39, 0.29) is 5.75 Å². The van der Waals surface area contributed by atoms with Gasteiger partial charge in [0.25, 0.3) is 0 Å². The number of anilines is 1. The van der Waals surface area contributed by atoms with Gasteiger partial charge in [-0.1, -0.05) is 17.7 Å². The highest BCUT2D eigenvalue weighted by molar-refractivity contribution is 7.92. The van der Waals surface area contributed by atoms with Gasteiger partial charge in [0.1, 0.15) is 0 Å². The van der Waals surface area contributed by atoms with Crippen molar-refractivity contribution >= 4 is 15.7 Å². The Labute approximate surface area is 97.1 Å². The highest BCUT2D eigenvalue weighted by Gasteiger charge is 2.26. The Morgan fingerprint density at radius 2 is 1.94 bits per heavy atom. The minimum absolute atomic E-state index is 0.278. The Bertz CT molecular complexity index is 494.